The zero-order valence-electron chi connectivity index (χ0n) is 23.0. The molecule has 1 aromatic rings. The molecule has 10 heteroatoms. The largest absolute Gasteiger partial charge is 0.476 e. The van der Waals surface area contributed by atoms with Crippen molar-refractivity contribution in [2.75, 3.05) is 58.2 Å². The molecule has 1 aromatic heterocycles. The first-order valence-corrected chi connectivity index (χ1v) is 12.2. The van der Waals surface area contributed by atoms with Crippen molar-refractivity contribution in [1.29, 1.82) is 0 Å². The zero-order valence-corrected chi connectivity index (χ0v) is 21.0. The van der Waals surface area contributed by atoms with Gasteiger partial charge in [-0.25, -0.2) is 14.2 Å². The van der Waals surface area contributed by atoms with Crippen molar-refractivity contribution < 1.29 is 35.7 Å². The molecule has 2 heterocycles. The van der Waals surface area contributed by atoms with Crippen molar-refractivity contribution in [3.8, 4) is 5.88 Å². The fourth-order valence-corrected chi connectivity index (χ4v) is 4.16. The Labute approximate surface area is 209 Å². The third-order valence-electron chi connectivity index (χ3n) is 6.81. The lowest BCUT2D eigenvalue weighted by atomic mass is 9.92. The van der Waals surface area contributed by atoms with Gasteiger partial charge in [0, 0.05) is 26.8 Å². The normalized spacial score (nSPS) is 21.0. The zero-order chi connectivity index (χ0) is 27.2. The molecular weight excluding hydrogens is 457 g/mol. The number of carbonyl (C=O) groups is 2. The monoisotopic (exact) mass is 497 g/mol. The van der Waals surface area contributed by atoms with E-state index in [-0.39, 0.29) is 36.8 Å². The van der Waals surface area contributed by atoms with E-state index in [1.807, 2.05) is 13.8 Å². The molecule has 1 aliphatic carbocycles. The Balaban J connectivity index is 1.69. The number of rotatable bonds is 15. The van der Waals surface area contributed by atoms with Gasteiger partial charge in [-0.15, -0.1) is 0 Å². The van der Waals surface area contributed by atoms with Gasteiger partial charge >= 0.3 is 5.97 Å². The van der Waals surface area contributed by atoms with Crippen LogP contribution in [0.5, 0.6) is 5.88 Å². The number of nitrogens with one attached hydrogen (secondary N) is 1. The molecule has 0 aromatic carbocycles. The summed E-state index contributed by atoms with van der Waals surface area (Å²) < 4.78 is 48.5. The first kappa shape index (κ1) is 24.2. The number of alkyl halides is 1. The van der Waals surface area contributed by atoms with E-state index in [1.54, 1.807) is 26.2 Å². The number of carbonyl (C=O) groups excluding carboxylic acids is 2. The van der Waals surface area contributed by atoms with Crippen LogP contribution in [-0.2, 0) is 19.0 Å². The van der Waals surface area contributed by atoms with E-state index in [4.69, 9.17) is 21.7 Å². The molecule has 1 saturated carbocycles. The molecule has 2 atom stereocenters. The molecule has 35 heavy (non-hydrogen) atoms. The van der Waals surface area contributed by atoms with Gasteiger partial charge in [0.15, 0.2) is 0 Å². The molecule has 2 aliphatic rings. The summed E-state index contributed by atoms with van der Waals surface area (Å²) in [5, 5.41) is 2.83. The molecule has 0 unspecified atom stereocenters. The Kier molecular flexibility index (Phi) is 8.65. The number of esters is 1. The van der Waals surface area contributed by atoms with E-state index in [9.17, 15) is 14.0 Å². The number of aromatic nitrogens is 1. The highest BCUT2D eigenvalue weighted by Crippen LogP contribution is 2.40. The van der Waals surface area contributed by atoms with Gasteiger partial charge in [0.2, 0.25) is 5.88 Å². The van der Waals surface area contributed by atoms with Crippen LogP contribution < -0.4 is 15.0 Å². The van der Waals surface area contributed by atoms with Gasteiger partial charge < -0.3 is 29.2 Å². The van der Waals surface area contributed by atoms with Crippen LogP contribution in [-0.4, -0.2) is 81.8 Å². The predicted octanol–water partition coefficient (Wildman–Crippen LogP) is 2.77. The van der Waals surface area contributed by atoms with Gasteiger partial charge in [-0.3, -0.25) is 4.79 Å². The molecule has 1 saturated heterocycles. The number of halogens is 1. The molecule has 1 amide bonds. The predicted molar refractivity (Wildman–Crippen MR) is 129 cm³/mol. The van der Waals surface area contributed by atoms with Crippen LogP contribution in [0.25, 0.3) is 0 Å². The van der Waals surface area contributed by atoms with E-state index in [2.05, 4.69) is 15.2 Å². The molecule has 2 fully saturated rings. The second kappa shape index (κ2) is 12.5. The Bertz CT molecular complexity index is 937. The molecule has 1 aliphatic heterocycles. The summed E-state index contributed by atoms with van der Waals surface area (Å²) in [6, 6.07) is 3.39. The standard InChI is InChI=1S/C25H38FN3O6/c1-5-25(6-2,24(31)34-7-3)28-22(30)20-8-9-21(29-13-19(14-29)32-4)23(27-20)35-16-18-12-17(18)15-33-11-10-26/h8-9,17-19H,5-7,10-16H2,1-4H3,(H,28,30)/t17-,18-/m1/s1/i10D2. The molecular formula is C25H38FN3O6. The molecule has 0 radical (unpaired) electrons. The van der Waals surface area contributed by atoms with Crippen LogP contribution in [0.4, 0.5) is 10.1 Å². The first-order chi connectivity index (χ1) is 17.6. The average molecular weight is 498 g/mol. The smallest absolute Gasteiger partial charge is 0.331 e. The highest BCUT2D eigenvalue weighted by molar-refractivity contribution is 5.97. The van der Waals surface area contributed by atoms with Crippen molar-refractivity contribution in [3.63, 3.8) is 0 Å². The maximum atomic E-state index is 13.2. The Hall–Kier alpha value is -2.46. The number of methoxy groups -OCH3 is 1. The fraction of sp³-hybridized carbons (Fsp3) is 0.720. The number of amides is 1. The highest BCUT2D eigenvalue weighted by Gasteiger charge is 2.40. The lowest BCUT2D eigenvalue weighted by Gasteiger charge is -2.40. The number of ether oxygens (including phenoxy) is 4. The van der Waals surface area contributed by atoms with E-state index in [1.165, 1.54) is 0 Å². The SMILES string of the molecule is [2H]C([2H])(F)COC[C@H]1C[C@@H]1COc1nc(C(=O)NC(CC)(CC)C(=O)OCC)ccc1N1CC(OC)C1. The topological polar surface area (TPSA) is 99.2 Å². The van der Waals surface area contributed by atoms with Crippen molar-refractivity contribution in [2.45, 2.75) is 51.7 Å². The van der Waals surface area contributed by atoms with Crippen LogP contribution in [0, 0.1) is 11.8 Å². The number of nitrogens with zero attached hydrogens (tertiary/aromatic N) is 2. The quantitative estimate of drug-likeness (QED) is 0.370. The number of hydrogen-bond donors (Lipinski definition) is 1. The van der Waals surface area contributed by atoms with Crippen molar-refractivity contribution in [3.05, 3.63) is 17.8 Å². The van der Waals surface area contributed by atoms with Crippen LogP contribution >= 0.6 is 0 Å². The number of anilines is 1. The highest BCUT2D eigenvalue weighted by atomic mass is 19.1. The van der Waals surface area contributed by atoms with E-state index in [0.29, 0.717) is 38.4 Å². The number of hydrogen-bond acceptors (Lipinski definition) is 8. The van der Waals surface area contributed by atoms with Crippen LogP contribution in [0.3, 0.4) is 0 Å². The number of pyridine rings is 1. The minimum Gasteiger partial charge on any atom is -0.476 e. The van der Waals surface area contributed by atoms with Crippen LogP contribution in [0.1, 0.15) is 53.3 Å². The lowest BCUT2D eigenvalue weighted by Crippen LogP contribution is -2.54. The Morgan fingerprint density at radius 3 is 2.57 bits per heavy atom. The van der Waals surface area contributed by atoms with Gasteiger partial charge in [0.25, 0.3) is 5.91 Å². The van der Waals surface area contributed by atoms with Gasteiger partial charge in [0.1, 0.15) is 23.5 Å². The van der Waals surface area contributed by atoms with Gasteiger partial charge in [-0.2, -0.15) is 0 Å². The maximum Gasteiger partial charge on any atom is 0.331 e. The first-order valence-electron chi connectivity index (χ1n) is 13.2. The summed E-state index contributed by atoms with van der Waals surface area (Å²) in [6.45, 7) is 4.06. The molecule has 196 valence electrons. The van der Waals surface area contributed by atoms with Crippen LogP contribution in [0.2, 0.25) is 0 Å². The van der Waals surface area contributed by atoms with Crippen molar-refractivity contribution in [2.24, 2.45) is 11.8 Å². The lowest BCUT2D eigenvalue weighted by molar-refractivity contribution is -0.151. The fourth-order valence-electron chi connectivity index (χ4n) is 4.16. The summed E-state index contributed by atoms with van der Waals surface area (Å²) >= 11 is 0. The summed E-state index contributed by atoms with van der Waals surface area (Å²) in [5.41, 5.74) is -0.278. The Morgan fingerprint density at radius 1 is 1.23 bits per heavy atom. The molecule has 1 N–H and O–H groups in total. The maximum absolute atomic E-state index is 13.2. The van der Waals surface area contributed by atoms with E-state index in [0.717, 1.165) is 12.1 Å². The molecule has 3 rings (SSSR count). The van der Waals surface area contributed by atoms with Gasteiger partial charge in [-0.05, 0) is 50.2 Å². The molecule has 0 spiro atoms. The summed E-state index contributed by atoms with van der Waals surface area (Å²) in [7, 11) is 1.66. The second-order valence-corrected chi connectivity index (χ2v) is 8.96. The van der Waals surface area contributed by atoms with Crippen LogP contribution in [0.15, 0.2) is 12.1 Å². The van der Waals surface area contributed by atoms with Gasteiger partial charge in [-0.1, -0.05) is 13.8 Å². The second-order valence-electron chi connectivity index (χ2n) is 8.96. The molecule has 9 nitrogen and oxygen atoms in total. The summed E-state index contributed by atoms with van der Waals surface area (Å²) in [4.78, 5) is 32.3. The molecule has 0 bridgehead atoms. The van der Waals surface area contributed by atoms with Crippen molar-refractivity contribution in [1.82, 2.24) is 10.3 Å². The Morgan fingerprint density at radius 2 is 1.94 bits per heavy atom. The summed E-state index contributed by atoms with van der Waals surface area (Å²) in [5.74, 6) is -0.348. The third-order valence-corrected chi connectivity index (χ3v) is 6.81. The van der Waals surface area contributed by atoms with Crippen molar-refractivity contribution >= 4 is 17.6 Å². The van der Waals surface area contributed by atoms with E-state index >= 15 is 0 Å². The third kappa shape index (κ3) is 6.61. The minimum absolute atomic E-state index is 0.108. The minimum atomic E-state index is -2.85. The average Bonchev–Trinajstić information content (AvgIpc) is 3.58. The summed E-state index contributed by atoms with van der Waals surface area (Å²) in [6.07, 6.45) is 1.67. The van der Waals surface area contributed by atoms with E-state index < -0.39 is 30.6 Å². The van der Waals surface area contributed by atoms with Gasteiger partial charge in [0.05, 0.1) is 28.7 Å².